The first-order chi connectivity index (χ1) is 14.4. The topological polar surface area (TPSA) is 207 Å². The van der Waals surface area contributed by atoms with Gasteiger partial charge in [-0.15, -0.1) is 0 Å². The van der Waals surface area contributed by atoms with E-state index < -0.39 is 30.6 Å². The number of carbonyl (C=O) groups is 3. The average Bonchev–Trinajstić information content (AvgIpc) is 2.64. The molecule has 0 fully saturated rings. The lowest BCUT2D eigenvalue weighted by molar-refractivity contribution is -0.134. The summed E-state index contributed by atoms with van der Waals surface area (Å²) in [6.45, 7) is -1.39. The molecule has 1 rings (SSSR count). The summed E-state index contributed by atoms with van der Waals surface area (Å²) >= 11 is 1.32. The van der Waals surface area contributed by atoms with E-state index in [2.05, 4.69) is 25.3 Å². The number of aromatic nitrogens is 3. The first kappa shape index (κ1) is 27.6. The maximum absolute atomic E-state index is 12.0. The number of anilines is 1. The fraction of sp³-hybridized carbons (Fsp3) is 0.400. The second-order valence-electron chi connectivity index (χ2n) is 5.31. The lowest BCUT2D eigenvalue weighted by atomic mass is 10.2. The lowest BCUT2D eigenvalue weighted by Gasteiger charge is -2.06. The van der Waals surface area contributed by atoms with Crippen LogP contribution in [0.25, 0.3) is 0 Å². The van der Waals surface area contributed by atoms with Crippen LogP contribution >= 0.6 is 11.8 Å². The number of hydrogen-bond donors (Lipinski definition) is 5. The number of carboxylic acid groups (broad SMARTS) is 2. The third-order valence-electron chi connectivity index (χ3n) is 2.64. The molecule has 16 heteroatoms. The van der Waals surface area contributed by atoms with Gasteiger partial charge in [0, 0.05) is 24.3 Å². The molecule has 172 valence electrons. The molecule has 1 heterocycles. The van der Waals surface area contributed by atoms with Crippen LogP contribution in [-0.4, -0.2) is 67.4 Å². The van der Waals surface area contributed by atoms with Crippen molar-refractivity contribution in [2.75, 3.05) is 17.6 Å². The Morgan fingerprint density at radius 1 is 1.13 bits per heavy atom. The van der Waals surface area contributed by atoms with Crippen LogP contribution in [0.5, 0.6) is 0 Å². The molecule has 0 aromatic carbocycles. The van der Waals surface area contributed by atoms with Crippen molar-refractivity contribution in [3.05, 3.63) is 18.5 Å². The molecular weight excluding hydrogens is 447 g/mol. The van der Waals surface area contributed by atoms with Crippen molar-refractivity contribution in [1.29, 1.82) is 0 Å². The third-order valence-corrected chi connectivity index (χ3v) is 3.58. The van der Waals surface area contributed by atoms with Crippen LogP contribution in [0.1, 0.15) is 19.3 Å². The number of nitrogens with one attached hydrogen (secondary N) is 1. The number of aliphatic imine (C=N–C) groups is 1. The largest absolute Gasteiger partial charge is 0.478 e. The summed E-state index contributed by atoms with van der Waals surface area (Å²) in [6, 6.07) is 0. The molecule has 31 heavy (non-hydrogen) atoms. The van der Waals surface area contributed by atoms with E-state index in [-0.39, 0.29) is 11.9 Å². The molecule has 0 spiro atoms. The normalized spacial score (nSPS) is 11.5. The minimum absolute atomic E-state index is 0.00283. The molecule has 0 bridgehead atoms. The van der Waals surface area contributed by atoms with Crippen LogP contribution in [-0.2, 0) is 14.4 Å². The predicted molar refractivity (Wildman–Crippen MR) is 104 cm³/mol. The van der Waals surface area contributed by atoms with Crippen LogP contribution in [0.15, 0.2) is 28.6 Å². The minimum atomic E-state index is -4.43. The molecule has 12 nitrogen and oxygen atoms in total. The Hall–Kier alpha value is -3.43. The Labute approximate surface area is 178 Å². The molecule has 0 saturated heterocycles. The third kappa shape index (κ3) is 18.3. The fourth-order valence-corrected chi connectivity index (χ4v) is 2.25. The van der Waals surface area contributed by atoms with E-state index in [1.54, 1.807) is 0 Å². The first-order valence-electron chi connectivity index (χ1n) is 8.27. The monoisotopic (exact) mass is 467 g/mol. The van der Waals surface area contributed by atoms with Crippen LogP contribution < -0.4 is 16.8 Å². The Balaban J connectivity index is 0.000000954. The van der Waals surface area contributed by atoms with Crippen molar-refractivity contribution in [2.24, 2.45) is 16.5 Å². The van der Waals surface area contributed by atoms with E-state index in [0.717, 1.165) is 6.42 Å². The molecule has 1 aromatic rings. The van der Waals surface area contributed by atoms with Gasteiger partial charge in [0.25, 0.3) is 0 Å². The number of rotatable bonds is 10. The van der Waals surface area contributed by atoms with Crippen molar-refractivity contribution >= 4 is 41.5 Å². The lowest BCUT2D eigenvalue weighted by Crippen LogP contribution is -2.26. The number of nitrogens with two attached hydrogens (primary N) is 2. The molecule has 0 aliphatic rings. The summed E-state index contributed by atoms with van der Waals surface area (Å²) in [7, 11) is 0. The van der Waals surface area contributed by atoms with Gasteiger partial charge in [-0.05, 0) is 12.8 Å². The minimum Gasteiger partial charge on any atom is -0.478 e. The zero-order valence-corrected chi connectivity index (χ0v) is 16.7. The van der Waals surface area contributed by atoms with Crippen LogP contribution in [0.2, 0.25) is 0 Å². The molecule has 7 N–H and O–H groups in total. The van der Waals surface area contributed by atoms with Gasteiger partial charge in [0.2, 0.25) is 11.9 Å². The van der Waals surface area contributed by atoms with E-state index in [4.69, 9.17) is 21.7 Å². The number of nitrogens with zero attached hydrogens (tertiary/aromatic N) is 4. The molecule has 0 atom stereocenters. The Kier molecular flexibility index (Phi) is 12.9. The van der Waals surface area contributed by atoms with Crippen molar-refractivity contribution in [1.82, 2.24) is 15.0 Å². The zero-order chi connectivity index (χ0) is 23.9. The second-order valence-corrected chi connectivity index (χ2v) is 6.38. The summed E-state index contributed by atoms with van der Waals surface area (Å²) in [5, 5.41) is 18.4. The number of thioether (sulfide) groups is 1. The smallest absolute Gasteiger partial charge is 0.408 e. The quantitative estimate of drug-likeness (QED) is 0.106. The van der Waals surface area contributed by atoms with Crippen molar-refractivity contribution in [3.8, 4) is 0 Å². The number of hydrogen-bond acceptors (Lipinski definition) is 8. The van der Waals surface area contributed by atoms with E-state index in [9.17, 15) is 27.6 Å². The van der Waals surface area contributed by atoms with E-state index in [0.29, 0.717) is 35.9 Å². The maximum Gasteiger partial charge on any atom is 0.408 e. The molecular formula is C15H20F3N7O5S. The summed E-state index contributed by atoms with van der Waals surface area (Å²) in [5.74, 6) is -2.64. The molecule has 0 saturated carbocycles. The van der Waals surface area contributed by atoms with Crippen LogP contribution in [0, 0.1) is 0 Å². The van der Waals surface area contributed by atoms with Gasteiger partial charge < -0.3 is 21.7 Å². The summed E-state index contributed by atoms with van der Waals surface area (Å²) in [5.41, 5.74) is 10.3. The van der Waals surface area contributed by atoms with E-state index in [1.165, 1.54) is 18.1 Å². The van der Waals surface area contributed by atoms with E-state index >= 15 is 0 Å². The number of halogens is 3. The number of alkyl halides is 3. The number of carboxylic acids is 2. The molecule has 1 aromatic heterocycles. The van der Waals surface area contributed by atoms with Crippen molar-refractivity contribution < 1.29 is 37.8 Å². The number of amides is 1. The van der Waals surface area contributed by atoms with Gasteiger partial charge in [-0.1, -0.05) is 11.8 Å². The van der Waals surface area contributed by atoms with Gasteiger partial charge in [-0.25, -0.2) is 24.5 Å². The fourth-order valence-electron chi connectivity index (χ4n) is 1.45. The summed E-state index contributed by atoms with van der Waals surface area (Å²) in [4.78, 5) is 44.5. The van der Waals surface area contributed by atoms with Gasteiger partial charge >= 0.3 is 18.1 Å². The predicted octanol–water partition coefficient (Wildman–Crippen LogP) is 0.620. The number of unbranched alkanes of at least 4 members (excludes halogenated alkanes) is 1. The van der Waals surface area contributed by atoms with Gasteiger partial charge in [0.15, 0.2) is 11.1 Å². The SMILES string of the molecule is NC(=O)CCCCSc1ncnc(NC(N)=NCC(F)(F)F)n1.O=C(O)C=CC(=O)O. The van der Waals surface area contributed by atoms with Gasteiger partial charge in [0.1, 0.15) is 12.9 Å². The number of primary amides is 1. The highest BCUT2D eigenvalue weighted by molar-refractivity contribution is 7.99. The maximum atomic E-state index is 12.0. The average molecular weight is 467 g/mol. The Bertz CT molecular complexity index is 789. The molecule has 0 unspecified atom stereocenters. The molecule has 0 aliphatic heterocycles. The number of aliphatic carboxylic acids is 2. The zero-order valence-electron chi connectivity index (χ0n) is 15.9. The van der Waals surface area contributed by atoms with E-state index in [1.807, 2.05) is 0 Å². The molecule has 0 aliphatic carbocycles. The van der Waals surface area contributed by atoms with Crippen molar-refractivity contribution in [2.45, 2.75) is 30.6 Å². The second kappa shape index (κ2) is 14.5. The molecule has 1 amide bonds. The standard InChI is InChI=1S/C11H16F3N7OS.C4H4O4/c12-11(13,14)5-17-8(16)20-9-18-6-19-10(21-9)23-4-2-1-3-7(15)22;5-3(6)1-2-4(7)8/h6H,1-5H2,(H2,15,22)(H3,16,17,18,19,20,21);1-2H,(H,5,6)(H,7,8). The van der Waals surface area contributed by atoms with Gasteiger partial charge in [-0.2, -0.15) is 18.2 Å². The van der Waals surface area contributed by atoms with Crippen molar-refractivity contribution in [3.63, 3.8) is 0 Å². The highest BCUT2D eigenvalue weighted by Gasteiger charge is 2.26. The summed E-state index contributed by atoms with van der Waals surface area (Å²) < 4.78 is 36.0. The first-order valence-corrected chi connectivity index (χ1v) is 9.25. The van der Waals surface area contributed by atoms with Gasteiger partial charge in [0.05, 0.1) is 0 Å². The highest BCUT2D eigenvalue weighted by Crippen LogP contribution is 2.16. The van der Waals surface area contributed by atoms with Crippen LogP contribution in [0.4, 0.5) is 19.1 Å². The Morgan fingerprint density at radius 3 is 2.26 bits per heavy atom. The number of carbonyl (C=O) groups excluding carboxylic acids is 1. The summed E-state index contributed by atoms with van der Waals surface area (Å²) in [6.07, 6.45) is -0.385. The van der Waals surface area contributed by atoms with Crippen LogP contribution in [0.3, 0.4) is 0 Å². The Morgan fingerprint density at radius 2 is 1.74 bits per heavy atom. The van der Waals surface area contributed by atoms with Gasteiger partial charge in [-0.3, -0.25) is 10.1 Å². The number of guanidine groups is 1. The highest BCUT2D eigenvalue weighted by atomic mass is 32.2. The molecule has 0 radical (unpaired) electrons.